The lowest BCUT2D eigenvalue weighted by atomic mass is 9.78. The van der Waals surface area contributed by atoms with E-state index in [2.05, 4.69) is 73.1 Å². The van der Waals surface area contributed by atoms with E-state index in [-0.39, 0.29) is 84.7 Å². The molecule has 15 atom stereocenters. The molecule has 4 saturated heterocycles. The number of amides is 3. The van der Waals surface area contributed by atoms with Gasteiger partial charge in [0.1, 0.15) is 59.6 Å². The van der Waals surface area contributed by atoms with Crippen molar-refractivity contribution in [3.8, 4) is 11.3 Å². The first-order chi connectivity index (χ1) is 64.0. The highest BCUT2D eigenvalue weighted by atomic mass is 32.1. The number of esters is 1. The zero-order valence-corrected chi connectivity index (χ0v) is 78.7. The summed E-state index contributed by atoms with van der Waals surface area (Å²) < 4.78 is 50.0. The van der Waals surface area contributed by atoms with E-state index in [1.54, 1.807) is 71.9 Å². The fourth-order valence-corrected chi connectivity index (χ4v) is 19.6. The minimum Gasteiger partial charge on any atom is -0.465 e. The number of fused-ring (bicyclic) bond motifs is 6. The number of carbonyl (C=O) groups excluding carboxylic acids is 7. The maximum atomic E-state index is 14.9. The van der Waals surface area contributed by atoms with Crippen LogP contribution in [0.4, 0.5) is 23.7 Å². The number of anilines is 4. The molecule has 35 nitrogen and oxygen atoms in total. The van der Waals surface area contributed by atoms with Crippen LogP contribution < -0.4 is 26.6 Å². The molecule has 0 spiro atoms. The number of hydrogen-bond donors (Lipinski definition) is 5. The van der Waals surface area contributed by atoms with E-state index in [9.17, 15) is 43.8 Å². The number of nitrogens with two attached hydrogens (primary N) is 2. The maximum absolute atomic E-state index is 14.9. The summed E-state index contributed by atoms with van der Waals surface area (Å²) in [6.07, 6.45) is 19.7. The molecule has 36 heteroatoms. The van der Waals surface area contributed by atoms with Crippen molar-refractivity contribution in [3.63, 3.8) is 0 Å². The van der Waals surface area contributed by atoms with E-state index in [0.29, 0.717) is 200 Å². The number of hydrogen-bond acceptors (Lipinski definition) is 31. The Labute approximate surface area is 781 Å². The highest BCUT2D eigenvalue weighted by Gasteiger charge is 2.53. The number of benzene rings is 2. The minimum absolute atomic E-state index is 0.0176. The van der Waals surface area contributed by atoms with E-state index in [1.165, 1.54) is 18.3 Å². The lowest BCUT2D eigenvalue weighted by Gasteiger charge is -2.42. The van der Waals surface area contributed by atoms with Gasteiger partial charge < -0.3 is 89.1 Å². The number of ketones is 3. The Morgan fingerprint density at radius 1 is 0.744 bits per heavy atom. The van der Waals surface area contributed by atoms with E-state index in [1.807, 2.05) is 84.7 Å². The number of rotatable bonds is 21. The van der Waals surface area contributed by atoms with Gasteiger partial charge in [0.05, 0.1) is 55.4 Å². The summed E-state index contributed by atoms with van der Waals surface area (Å²) in [7, 11) is 4.57. The number of thiocarbonyl (C=S) groups is 1. The number of aromatic nitrogens is 9. The third-order valence-corrected chi connectivity index (χ3v) is 27.7. The Balaban J connectivity index is 0.499. The molecule has 2 aromatic carbocycles. The van der Waals surface area contributed by atoms with Crippen molar-refractivity contribution < 1.29 is 81.4 Å². The molecule has 6 aliphatic heterocycles. The number of ether oxygens (including phenoxy) is 7. The Morgan fingerprint density at radius 3 is 2.23 bits per heavy atom. The summed E-state index contributed by atoms with van der Waals surface area (Å²) in [4.78, 5) is 143. The summed E-state index contributed by atoms with van der Waals surface area (Å²) in [6.45, 7) is 21.1. The minimum atomic E-state index is -2.48. The molecule has 5 fully saturated rings. The van der Waals surface area contributed by atoms with E-state index in [0.717, 1.165) is 53.0 Å². The number of oxazole rings is 1. The van der Waals surface area contributed by atoms with Gasteiger partial charge in [-0.2, -0.15) is 10.1 Å². The van der Waals surface area contributed by atoms with Gasteiger partial charge in [-0.1, -0.05) is 89.3 Å². The first-order valence-corrected chi connectivity index (χ1v) is 47.1. The fraction of sp³-hybridized carbons (Fsp3) is 0.567. The molecular formula is C97H128N18O17S. The Kier molecular flexibility index (Phi) is 33.1. The van der Waals surface area contributed by atoms with Crippen LogP contribution in [0.5, 0.6) is 0 Å². The van der Waals surface area contributed by atoms with Crippen LogP contribution in [-0.2, 0) is 88.0 Å². The third-order valence-electron chi connectivity index (χ3n) is 27.4. The zero-order chi connectivity index (χ0) is 94.3. The highest BCUT2D eigenvalue weighted by Crippen LogP contribution is 2.40. The van der Waals surface area contributed by atoms with Crippen molar-refractivity contribution in [2.75, 3.05) is 128 Å². The van der Waals surface area contributed by atoms with Crippen LogP contribution in [0, 0.1) is 35.5 Å². The van der Waals surface area contributed by atoms with Gasteiger partial charge in [0.15, 0.2) is 17.0 Å². The predicted molar refractivity (Wildman–Crippen MR) is 502 cm³/mol. The standard InChI is InChI=1S/C97H128N18O17S/c1-58-16-12-11-13-17-59(2)78(125-8)48-72-24-19-64(7)97(124,132-72)87(120)91(122)114-29-15-14-18-74(114)92(123)129-79(49-75(116)60(3)43-63(6)85(119)86(127-10)84(118)62(5)42-58)61(4)44-65-21-25-77(80(46-65)126-9)131-96(133)104-52-67-50-100-94(101-51-67)112-37-35-110(36-38-112)81(117)28-40-128-41-39-109-31-33-111(34-32-109)95-102-53-71(54-103-95)90(121)113-30-27-68-45-66(20-22-70(68)56-113)55-115-89-82(88(98)105-57-106-89)83(108-115)69-23-26-76-73(47-69)107-93(99)130-76/h11-13,16-17,20,22-23,26,43,45,47,50-51,53-54,57-58,60-62,64-65,72,74,77-80,85-86,119,124H,14-15,18-19,21,24-25,27-42,44,46,48-49,52,55-56H2,1-10H3,(H2,99,107)(H,104,133)(H2,98,105,106)/b13-11?,16-12+,59-17?,63-43+/t58-,60-,61-,62-,64-,65+,72+,74+,77-,78+,79+,80-,85-,86+,97-/m1/s1. The normalized spacial score (nSPS) is 27.2. The average molecular weight is 1850 g/mol. The van der Waals surface area contributed by atoms with Gasteiger partial charge in [-0.15, -0.1) is 0 Å². The van der Waals surface area contributed by atoms with Gasteiger partial charge in [0.25, 0.3) is 28.8 Å². The number of aliphatic hydroxyl groups excluding tert-OH is 1. The lowest BCUT2D eigenvalue weighted by molar-refractivity contribution is -0.265. The number of carbonyl (C=O) groups is 7. The van der Waals surface area contributed by atoms with Crippen molar-refractivity contribution in [2.45, 2.75) is 213 Å². The summed E-state index contributed by atoms with van der Waals surface area (Å²) in [5.74, 6) is -7.17. The van der Waals surface area contributed by atoms with Crippen LogP contribution in [0.3, 0.4) is 0 Å². The largest absolute Gasteiger partial charge is 0.465 e. The number of aliphatic hydroxyl groups is 2. The summed E-state index contributed by atoms with van der Waals surface area (Å²) in [5.41, 5.74) is 21.1. The summed E-state index contributed by atoms with van der Waals surface area (Å²) in [6, 6.07) is 10.7. The predicted octanol–water partition coefficient (Wildman–Crippen LogP) is 9.10. The van der Waals surface area contributed by atoms with Crippen molar-refractivity contribution in [2.24, 2.45) is 35.5 Å². The molecule has 1 aliphatic carbocycles. The molecule has 14 rings (SSSR count). The smallest absolute Gasteiger partial charge is 0.329 e. The number of cyclic esters (lactones) is 1. The first kappa shape index (κ1) is 98.0. The number of nitrogen functional groups attached to an aromatic ring is 2. The molecule has 2 bridgehead atoms. The molecular weight excluding hydrogens is 1720 g/mol. The molecule has 7 N–H and O–H groups in total. The van der Waals surface area contributed by atoms with Crippen LogP contribution in [0.2, 0.25) is 0 Å². The molecule has 7 aromatic rings. The van der Waals surface area contributed by atoms with Crippen LogP contribution in [-0.4, -0.2) is 282 Å². The molecule has 11 heterocycles. The van der Waals surface area contributed by atoms with Crippen molar-refractivity contribution in [1.29, 1.82) is 0 Å². The third kappa shape index (κ3) is 24.1. The number of nitrogens with zero attached hydrogens (tertiary/aromatic N) is 15. The zero-order valence-electron chi connectivity index (χ0n) is 77.9. The van der Waals surface area contributed by atoms with Crippen LogP contribution in [0.1, 0.15) is 165 Å². The molecule has 133 heavy (non-hydrogen) atoms. The second kappa shape index (κ2) is 44.9. The molecule has 1 saturated carbocycles. The van der Waals surface area contributed by atoms with Crippen molar-refractivity contribution in [1.82, 2.24) is 69.6 Å². The van der Waals surface area contributed by atoms with E-state index >= 15 is 0 Å². The van der Waals surface area contributed by atoms with E-state index < -0.39 is 89.8 Å². The van der Waals surface area contributed by atoms with Gasteiger partial charge in [0.2, 0.25) is 23.6 Å². The van der Waals surface area contributed by atoms with Gasteiger partial charge >= 0.3 is 5.97 Å². The molecule has 0 unspecified atom stereocenters. The van der Waals surface area contributed by atoms with Crippen molar-refractivity contribution in [3.05, 3.63) is 143 Å². The summed E-state index contributed by atoms with van der Waals surface area (Å²) >= 11 is 5.75. The van der Waals surface area contributed by atoms with E-state index in [4.69, 9.17) is 66.4 Å². The number of allylic oxidation sites excluding steroid dienone is 6. The van der Waals surface area contributed by atoms with Gasteiger partial charge in [-0.3, -0.25) is 33.7 Å². The number of nitrogens with one attached hydrogen (secondary N) is 1. The second-order valence-electron chi connectivity index (χ2n) is 36.8. The number of Topliss-reactive ketones (excluding diaryl/α,β-unsaturated/α-hetero) is 3. The van der Waals surface area contributed by atoms with Crippen LogP contribution >= 0.6 is 12.2 Å². The molecule has 3 amide bonds. The lowest BCUT2D eigenvalue weighted by Crippen LogP contribution is -2.61. The monoisotopic (exact) mass is 1850 g/mol. The Hall–Kier alpha value is -11.0. The average Bonchev–Trinajstić information content (AvgIpc) is 1.71. The van der Waals surface area contributed by atoms with Crippen LogP contribution in [0.25, 0.3) is 33.4 Å². The molecule has 5 aromatic heterocycles. The number of piperazine rings is 2. The maximum Gasteiger partial charge on any atom is 0.329 e. The second-order valence-corrected chi connectivity index (χ2v) is 37.2. The fourth-order valence-electron chi connectivity index (χ4n) is 19.4. The summed E-state index contributed by atoms with van der Waals surface area (Å²) in [5, 5.41) is 32.9. The van der Waals surface area contributed by atoms with Gasteiger partial charge in [0, 0.05) is 173 Å². The van der Waals surface area contributed by atoms with Crippen LogP contribution in [0.15, 0.2) is 120 Å². The number of methoxy groups -OCH3 is 3. The van der Waals surface area contributed by atoms with Crippen molar-refractivity contribution >= 4 is 104 Å². The Bertz CT molecular complexity index is 5400. The molecule has 7 aliphatic rings. The SMILES string of the molecule is CO[C@H]1C[C@@H]2CC[C@@H](C)[C@@](O)(O2)C(=O)C(=O)N2CCCC[C@H]2C(=O)O[C@H]([C@H](C)C[C@@H]2CC[C@@H](OC(=S)NCc3cnc(N4CCN(C(=O)CCOCCN5CCN(c6ncc(C(=O)N7CCc8cc(Cn9nc(-c%10ccc%11oc(N)nc%11c%10)c%10c(N)ncnc%109)ccc8C7)cn6)CC5)CC4)nc3)[C@H](OC)C2)CC(=O)[C@H](C)/C=C(\C)[C@@H](O)[C@@H](OC)C(=O)[C@H](C)C[C@H](C)/C=C/C=CC=C1C. The van der Waals surface area contributed by atoms with Gasteiger partial charge in [-0.05, 0) is 160 Å². The first-order valence-electron chi connectivity index (χ1n) is 46.7. The highest BCUT2D eigenvalue weighted by molar-refractivity contribution is 7.80. The Morgan fingerprint density at radius 2 is 1.49 bits per heavy atom. The molecule has 714 valence electrons. The topological polar surface area (TPSA) is 429 Å². The quantitative estimate of drug-likeness (QED) is 0.0147. The number of piperidine rings is 1. The molecule has 0 radical (unpaired) electrons. The van der Waals surface area contributed by atoms with Gasteiger partial charge in [-0.25, -0.2) is 39.4 Å².